The van der Waals surface area contributed by atoms with Crippen molar-refractivity contribution >= 4 is 21.7 Å². The molecular weight excluding hydrogens is 493 g/mol. The average Bonchev–Trinajstić information content (AvgIpc) is 2.87. The Balaban J connectivity index is 1.50. The number of ether oxygens (including phenoxy) is 1. The van der Waals surface area contributed by atoms with Gasteiger partial charge in [0, 0.05) is 24.7 Å². The molecule has 2 aromatic carbocycles. The lowest BCUT2D eigenvalue weighted by Gasteiger charge is -2.32. The van der Waals surface area contributed by atoms with Crippen LogP contribution in [0.5, 0.6) is 5.75 Å². The summed E-state index contributed by atoms with van der Waals surface area (Å²) in [5.74, 6) is 0.217. The standard InChI is InChI=1S/C27H30FN5O3S/c1-27(2,21-15-19(17-29)25(24(28)16-21)33-13-5-4-6-14-33)20-7-9-23(10-8-20)36-18-22-11-12-30-26(31-22)32-37(3,34)35/h7-12,15-16H,4-6,13-14,18H2,1-3H3,(H,30,31,32). The van der Waals surface area contributed by atoms with Crippen molar-refractivity contribution in [1.82, 2.24) is 9.97 Å². The number of nitrogens with zero attached hydrogens (tertiary/aromatic N) is 4. The summed E-state index contributed by atoms with van der Waals surface area (Å²) in [7, 11) is -3.48. The van der Waals surface area contributed by atoms with Crippen molar-refractivity contribution < 1.29 is 17.5 Å². The van der Waals surface area contributed by atoms with Crippen LogP contribution in [0.25, 0.3) is 0 Å². The molecule has 0 radical (unpaired) electrons. The van der Waals surface area contributed by atoms with Crippen LogP contribution in [0.1, 0.15) is 55.5 Å². The molecule has 0 amide bonds. The molecule has 4 rings (SSSR count). The van der Waals surface area contributed by atoms with Crippen molar-refractivity contribution in [2.24, 2.45) is 0 Å². The molecule has 2 heterocycles. The number of hydrogen-bond acceptors (Lipinski definition) is 7. The van der Waals surface area contributed by atoms with Crippen LogP contribution in [0.4, 0.5) is 16.0 Å². The number of sulfonamides is 1. The van der Waals surface area contributed by atoms with E-state index in [4.69, 9.17) is 4.74 Å². The van der Waals surface area contributed by atoms with Gasteiger partial charge in [0.1, 0.15) is 24.2 Å². The van der Waals surface area contributed by atoms with E-state index in [2.05, 4.69) is 20.8 Å². The van der Waals surface area contributed by atoms with Crippen molar-refractivity contribution in [1.29, 1.82) is 5.26 Å². The lowest BCUT2D eigenvalue weighted by atomic mass is 9.77. The summed E-state index contributed by atoms with van der Waals surface area (Å²) in [4.78, 5) is 10.0. The number of anilines is 2. The predicted octanol–water partition coefficient (Wildman–Crippen LogP) is 4.75. The van der Waals surface area contributed by atoms with E-state index in [1.54, 1.807) is 18.2 Å². The van der Waals surface area contributed by atoms with Gasteiger partial charge in [-0.3, -0.25) is 4.72 Å². The van der Waals surface area contributed by atoms with Crippen molar-refractivity contribution in [3.63, 3.8) is 0 Å². The van der Waals surface area contributed by atoms with E-state index in [1.807, 2.05) is 43.0 Å². The Morgan fingerprint density at radius 2 is 1.81 bits per heavy atom. The van der Waals surface area contributed by atoms with E-state index in [1.165, 1.54) is 6.20 Å². The number of rotatable bonds is 8. The molecule has 0 saturated carbocycles. The van der Waals surface area contributed by atoms with Gasteiger partial charge in [0.25, 0.3) is 0 Å². The van der Waals surface area contributed by atoms with Crippen LogP contribution < -0.4 is 14.4 Å². The van der Waals surface area contributed by atoms with Crippen molar-refractivity contribution in [3.05, 3.63) is 76.9 Å². The van der Waals surface area contributed by atoms with Gasteiger partial charge in [-0.25, -0.2) is 22.8 Å². The van der Waals surface area contributed by atoms with E-state index in [0.717, 1.165) is 49.7 Å². The van der Waals surface area contributed by atoms with Crippen LogP contribution in [-0.4, -0.2) is 37.7 Å². The third-order valence-corrected chi connectivity index (χ3v) is 7.08. The zero-order valence-corrected chi connectivity index (χ0v) is 22.0. The van der Waals surface area contributed by atoms with Gasteiger partial charge >= 0.3 is 0 Å². The lowest BCUT2D eigenvalue weighted by molar-refractivity contribution is 0.301. The maximum atomic E-state index is 15.3. The van der Waals surface area contributed by atoms with E-state index in [0.29, 0.717) is 22.7 Å². The molecule has 10 heteroatoms. The average molecular weight is 524 g/mol. The summed E-state index contributed by atoms with van der Waals surface area (Å²) in [6.45, 7) is 5.65. The first-order valence-electron chi connectivity index (χ1n) is 12.1. The van der Waals surface area contributed by atoms with Gasteiger partial charge in [-0.2, -0.15) is 5.26 Å². The van der Waals surface area contributed by atoms with E-state index in [-0.39, 0.29) is 18.4 Å². The Morgan fingerprint density at radius 1 is 1.11 bits per heavy atom. The first-order chi connectivity index (χ1) is 17.6. The lowest BCUT2D eigenvalue weighted by Crippen LogP contribution is -2.31. The highest BCUT2D eigenvalue weighted by molar-refractivity contribution is 7.91. The van der Waals surface area contributed by atoms with Crippen LogP contribution in [0, 0.1) is 17.1 Å². The third-order valence-electron chi connectivity index (χ3n) is 6.53. The fraction of sp³-hybridized carbons (Fsp3) is 0.370. The topological polar surface area (TPSA) is 108 Å². The third kappa shape index (κ3) is 6.35. The SMILES string of the molecule is CC(C)(c1ccc(OCc2ccnc(NS(C)(=O)=O)n2)cc1)c1cc(F)c(N2CCCCC2)c(C#N)c1. The van der Waals surface area contributed by atoms with E-state index in [9.17, 15) is 13.7 Å². The maximum absolute atomic E-state index is 15.3. The molecule has 0 aliphatic carbocycles. The highest BCUT2D eigenvalue weighted by atomic mass is 32.2. The number of hydrogen-bond donors (Lipinski definition) is 1. The summed E-state index contributed by atoms with van der Waals surface area (Å²) in [6, 6.07) is 14.6. The Morgan fingerprint density at radius 3 is 2.46 bits per heavy atom. The Labute approximate surface area is 217 Å². The Bertz CT molecular complexity index is 1410. The summed E-state index contributed by atoms with van der Waals surface area (Å²) in [6.07, 6.45) is 5.62. The quantitative estimate of drug-likeness (QED) is 0.454. The van der Waals surface area contributed by atoms with Crippen LogP contribution >= 0.6 is 0 Å². The molecule has 0 atom stereocenters. The van der Waals surface area contributed by atoms with Gasteiger partial charge in [0.05, 0.1) is 23.2 Å². The molecule has 0 unspecified atom stereocenters. The molecular formula is C27H30FN5O3S. The zero-order chi connectivity index (χ0) is 26.6. The normalized spacial score (nSPS) is 14.2. The second-order valence-corrected chi connectivity index (χ2v) is 11.4. The van der Waals surface area contributed by atoms with Gasteiger partial charge in [-0.1, -0.05) is 26.0 Å². The maximum Gasteiger partial charge on any atom is 0.236 e. The van der Waals surface area contributed by atoms with Crippen LogP contribution in [0.15, 0.2) is 48.7 Å². The molecule has 8 nitrogen and oxygen atoms in total. The van der Waals surface area contributed by atoms with Crippen molar-refractivity contribution in [2.75, 3.05) is 29.0 Å². The van der Waals surface area contributed by atoms with Gasteiger partial charge < -0.3 is 9.64 Å². The summed E-state index contributed by atoms with van der Waals surface area (Å²) < 4.78 is 46.1. The monoisotopic (exact) mass is 523 g/mol. The van der Waals surface area contributed by atoms with Crippen molar-refractivity contribution in [2.45, 2.75) is 45.1 Å². The van der Waals surface area contributed by atoms with Gasteiger partial charge in [0.15, 0.2) is 0 Å². The first kappa shape index (κ1) is 26.4. The van der Waals surface area contributed by atoms with Gasteiger partial charge in [-0.05, 0) is 60.7 Å². The molecule has 0 bridgehead atoms. The van der Waals surface area contributed by atoms with Crippen LogP contribution in [0.2, 0.25) is 0 Å². The second kappa shape index (κ2) is 10.7. The molecule has 3 aromatic rings. The van der Waals surface area contributed by atoms with Crippen LogP contribution in [-0.2, 0) is 22.0 Å². The highest BCUT2D eigenvalue weighted by Crippen LogP contribution is 2.37. The largest absolute Gasteiger partial charge is 0.487 e. The first-order valence-corrected chi connectivity index (χ1v) is 14.0. The minimum atomic E-state index is -3.48. The minimum absolute atomic E-state index is 0.0176. The number of nitriles is 1. The smallest absolute Gasteiger partial charge is 0.236 e. The summed E-state index contributed by atoms with van der Waals surface area (Å²) in [5, 5.41) is 9.79. The number of piperidine rings is 1. The molecule has 37 heavy (non-hydrogen) atoms. The fourth-order valence-corrected chi connectivity index (χ4v) is 4.90. The molecule has 1 N–H and O–H groups in total. The molecule has 1 aliphatic heterocycles. The molecule has 1 aliphatic rings. The number of nitrogens with one attached hydrogen (secondary N) is 1. The summed E-state index contributed by atoms with van der Waals surface area (Å²) >= 11 is 0. The highest BCUT2D eigenvalue weighted by Gasteiger charge is 2.28. The molecule has 1 saturated heterocycles. The minimum Gasteiger partial charge on any atom is -0.487 e. The van der Waals surface area contributed by atoms with E-state index < -0.39 is 15.4 Å². The molecule has 194 valence electrons. The van der Waals surface area contributed by atoms with E-state index >= 15 is 4.39 Å². The van der Waals surface area contributed by atoms with Crippen molar-refractivity contribution in [3.8, 4) is 11.8 Å². The summed E-state index contributed by atoms with van der Waals surface area (Å²) in [5.41, 5.74) is 2.39. The number of benzene rings is 2. The van der Waals surface area contributed by atoms with Gasteiger partial charge in [0.2, 0.25) is 16.0 Å². The number of halogens is 1. The zero-order valence-electron chi connectivity index (χ0n) is 21.2. The number of aromatic nitrogens is 2. The van der Waals surface area contributed by atoms with Gasteiger partial charge in [-0.15, -0.1) is 0 Å². The molecule has 1 fully saturated rings. The molecule has 1 aromatic heterocycles. The second-order valence-electron chi connectivity index (χ2n) is 9.70. The van der Waals surface area contributed by atoms with Crippen LogP contribution in [0.3, 0.4) is 0 Å². The molecule has 0 spiro atoms. The Hall–Kier alpha value is -3.71. The Kier molecular flexibility index (Phi) is 7.64. The fourth-order valence-electron chi connectivity index (χ4n) is 4.47. The predicted molar refractivity (Wildman–Crippen MR) is 141 cm³/mol.